The fraction of sp³-hybridized carbons (Fsp3) is 0.250. The van der Waals surface area contributed by atoms with Gasteiger partial charge in [0.2, 0.25) is 0 Å². The number of pyridine rings is 1. The normalized spacial score (nSPS) is 10.5. The number of rotatable bonds is 7. The average Bonchev–Trinajstić information content (AvgIpc) is 2.58. The molecule has 1 heterocycles. The largest absolute Gasteiger partial charge is 0.493 e. The number of primary amides is 1. The molecule has 0 atom stereocenters. The third-order valence-electron chi connectivity index (χ3n) is 3.07. The number of nitrogens with zero attached hydrogens (tertiary/aromatic N) is 1. The molecule has 0 bridgehead atoms. The van der Waals surface area contributed by atoms with Crippen molar-refractivity contribution in [2.45, 2.75) is 19.6 Å². The molecule has 6 nitrogen and oxygen atoms in total. The minimum atomic E-state index is -2.60. The van der Waals surface area contributed by atoms with E-state index >= 15 is 0 Å². The molecule has 0 unspecified atom stereocenters. The molecule has 24 heavy (non-hydrogen) atoms. The van der Waals surface area contributed by atoms with E-state index in [1.807, 2.05) is 0 Å². The van der Waals surface area contributed by atoms with Crippen LogP contribution in [0.1, 0.15) is 23.2 Å². The van der Waals surface area contributed by atoms with E-state index in [1.165, 1.54) is 25.4 Å². The number of carbonyl (C=O) groups is 1. The molecule has 0 spiro atoms. The van der Waals surface area contributed by atoms with Gasteiger partial charge in [0.25, 0.3) is 6.43 Å². The highest BCUT2D eigenvalue weighted by Gasteiger charge is 2.10. The van der Waals surface area contributed by atoms with Gasteiger partial charge in [-0.25, -0.2) is 13.6 Å². The van der Waals surface area contributed by atoms with Crippen LogP contribution in [0.4, 0.5) is 13.6 Å². The van der Waals surface area contributed by atoms with Crippen molar-refractivity contribution in [3.63, 3.8) is 0 Å². The minimum absolute atomic E-state index is 0.0188. The molecular weight excluding hydrogens is 322 g/mol. The molecule has 2 aromatic rings. The lowest BCUT2D eigenvalue weighted by Crippen LogP contribution is -2.12. The SMILES string of the molecule is COc1cc(COC(N)=O)ccc1OCc1ccc(C(F)F)nc1. The van der Waals surface area contributed by atoms with Crippen LogP contribution in [0.15, 0.2) is 36.5 Å². The van der Waals surface area contributed by atoms with Crippen molar-refractivity contribution in [3.05, 3.63) is 53.3 Å². The summed E-state index contributed by atoms with van der Waals surface area (Å²) in [5.41, 5.74) is 5.95. The smallest absolute Gasteiger partial charge is 0.404 e. The lowest BCUT2D eigenvalue weighted by atomic mass is 10.2. The summed E-state index contributed by atoms with van der Waals surface area (Å²) < 4.78 is 40.4. The van der Waals surface area contributed by atoms with Crippen molar-refractivity contribution >= 4 is 6.09 Å². The van der Waals surface area contributed by atoms with Crippen LogP contribution < -0.4 is 15.2 Å². The topological polar surface area (TPSA) is 83.7 Å². The number of hydrogen-bond donors (Lipinski definition) is 1. The van der Waals surface area contributed by atoms with Gasteiger partial charge in [-0.15, -0.1) is 0 Å². The predicted molar refractivity (Wildman–Crippen MR) is 80.9 cm³/mol. The molecule has 0 aliphatic carbocycles. The van der Waals surface area contributed by atoms with Gasteiger partial charge >= 0.3 is 6.09 Å². The van der Waals surface area contributed by atoms with Crippen LogP contribution in [0.5, 0.6) is 11.5 Å². The summed E-state index contributed by atoms with van der Waals surface area (Å²) in [6.07, 6.45) is -2.13. The molecule has 1 aromatic carbocycles. The van der Waals surface area contributed by atoms with Gasteiger partial charge in [-0.05, 0) is 23.8 Å². The molecule has 2 rings (SSSR count). The molecule has 0 aliphatic heterocycles. The van der Waals surface area contributed by atoms with Crippen molar-refractivity contribution in [2.75, 3.05) is 7.11 Å². The maximum Gasteiger partial charge on any atom is 0.404 e. The molecule has 128 valence electrons. The zero-order valence-corrected chi connectivity index (χ0v) is 12.9. The highest BCUT2D eigenvalue weighted by molar-refractivity contribution is 5.64. The molecule has 0 fully saturated rings. The Bertz CT molecular complexity index is 693. The number of nitrogens with two attached hydrogens (primary N) is 1. The number of alkyl halides is 2. The Kier molecular flexibility index (Phi) is 5.89. The summed E-state index contributed by atoms with van der Waals surface area (Å²) in [5, 5.41) is 0. The lowest BCUT2D eigenvalue weighted by Gasteiger charge is -2.12. The fourth-order valence-corrected chi connectivity index (χ4v) is 1.89. The summed E-state index contributed by atoms with van der Waals surface area (Å²) in [7, 11) is 1.47. The zero-order chi connectivity index (χ0) is 17.5. The number of ether oxygens (including phenoxy) is 3. The van der Waals surface area contributed by atoms with Gasteiger partial charge in [-0.1, -0.05) is 12.1 Å². The van der Waals surface area contributed by atoms with Crippen LogP contribution in [0.3, 0.4) is 0 Å². The van der Waals surface area contributed by atoms with Crippen molar-refractivity contribution in [1.29, 1.82) is 0 Å². The molecule has 2 N–H and O–H groups in total. The Morgan fingerprint density at radius 1 is 1.17 bits per heavy atom. The van der Waals surface area contributed by atoms with Crippen LogP contribution in [-0.2, 0) is 18.0 Å². The van der Waals surface area contributed by atoms with E-state index < -0.39 is 12.5 Å². The van der Waals surface area contributed by atoms with E-state index in [0.29, 0.717) is 22.6 Å². The number of benzene rings is 1. The van der Waals surface area contributed by atoms with Crippen molar-refractivity contribution in [3.8, 4) is 11.5 Å². The molecule has 1 amide bonds. The monoisotopic (exact) mass is 338 g/mol. The maximum absolute atomic E-state index is 12.4. The van der Waals surface area contributed by atoms with Gasteiger partial charge in [-0.3, -0.25) is 4.98 Å². The highest BCUT2D eigenvalue weighted by atomic mass is 19.3. The summed E-state index contributed by atoms with van der Waals surface area (Å²) >= 11 is 0. The van der Waals surface area contributed by atoms with Gasteiger partial charge in [0.15, 0.2) is 11.5 Å². The lowest BCUT2D eigenvalue weighted by molar-refractivity contribution is 0.146. The second-order valence-electron chi connectivity index (χ2n) is 4.77. The maximum atomic E-state index is 12.4. The van der Waals surface area contributed by atoms with Gasteiger partial charge in [0.1, 0.15) is 18.9 Å². The standard InChI is InChI=1S/C16H16F2N2O4/c1-22-14-6-10(8-24-16(19)21)3-5-13(14)23-9-11-2-4-12(15(17)18)20-7-11/h2-7,15H,8-9H2,1H3,(H2,19,21). The van der Waals surface area contributed by atoms with E-state index in [2.05, 4.69) is 4.98 Å². The average molecular weight is 338 g/mol. The van der Waals surface area contributed by atoms with E-state index in [0.717, 1.165) is 0 Å². The summed E-state index contributed by atoms with van der Waals surface area (Å²) in [4.78, 5) is 14.3. The Labute approximate surface area is 137 Å². The summed E-state index contributed by atoms with van der Waals surface area (Å²) in [6.45, 7) is 0.162. The number of halogens is 2. The van der Waals surface area contributed by atoms with Crippen LogP contribution in [-0.4, -0.2) is 18.2 Å². The van der Waals surface area contributed by atoms with Gasteiger partial charge in [0.05, 0.1) is 7.11 Å². The molecule has 1 aromatic heterocycles. The molecule has 0 aliphatic rings. The Morgan fingerprint density at radius 2 is 1.92 bits per heavy atom. The second-order valence-corrected chi connectivity index (χ2v) is 4.77. The third kappa shape index (κ3) is 4.80. The van der Waals surface area contributed by atoms with Gasteiger partial charge in [0, 0.05) is 11.8 Å². The number of carbonyl (C=O) groups excluding carboxylic acids is 1. The predicted octanol–water partition coefficient (Wildman–Crippen LogP) is 3.20. The van der Waals surface area contributed by atoms with Gasteiger partial charge < -0.3 is 19.9 Å². The Morgan fingerprint density at radius 3 is 2.50 bits per heavy atom. The molecular formula is C16H16F2N2O4. The van der Waals surface area contributed by atoms with E-state index in [1.54, 1.807) is 18.2 Å². The number of aromatic nitrogens is 1. The number of hydrogen-bond acceptors (Lipinski definition) is 5. The molecule has 0 saturated heterocycles. The first-order valence-electron chi connectivity index (χ1n) is 6.94. The quantitative estimate of drug-likeness (QED) is 0.838. The first-order chi connectivity index (χ1) is 11.5. The number of amides is 1. The second kappa shape index (κ2) is 8.09. The number of methoxy groups -OCH3 is 1. The first-order valence-corrected chi connectivity index (χ1v) is 6.94. The van der Waals surface area contributed by atoms with Crippen LogP contribution in [0.25, 0.3) is 0 Å². The van der Waals surface area contributed by atoms with Crippen molar-refractivity contribution < 1.29 is 27.8 Å². The molecule has 0 saturated carbocycles. The third-order valence-corrected chi connectivity index (χ3v) is 3.07. The van der Waals surface area contributed by atoms with Crippen LogP contribution in [0.2, 0.25) is 0 Å². The first kappa shape index (κ1) is 17.5. The summed E-state index contributed by atoms with van der Waals surface area (Å²) in [5.74, 6) is 0.899. The Hall–Kier alpha value is -2.90. The van der Waals surface area contributed by atoms with Crippen LogP contribution >= 0.6 is 0 Å². The highest BCUT2D eigenvalue weighted by Crippen LogP contribution is 2.29. The van der Waals surface area contributed by atoms with E-state index in [-0.39, 0.29) is 18.9 Å². The van der Waals surface area contributed by atoms with Crippen molar-refractivity contribution in [2.24, 2.45) is 5.73 Å². The fourth-order valence-electron chi connectivity index (χ4n) is 1.89. The molecule has 0 radical (unpaired) electrons. The Balaban J connectivity index is 2.02. The summed E-state index contributed by atoms with van der Waals surface area (Å²) in [6, 6.07) is 7.77. The van der Waals surface area contributed by atoms with Crippen molar-refractivity contribution in [1.82, 2.24) is 4.98 Å². The van der Waals surface area contributed by atoms with E-state index in [4.69, 9.17) is 19.9 Å². The van der Waals surface area contributed by atoms with E-state index in [9.17, 15) is 13.6 Å². The molecule has 8 heteroatoms. The minimum Gasteiger partial charge on any atom is -0.493 e. The zero-order valence-electron chi connectivity index (χ0n) is 12.9. The van der Waals surface area contributed by atoms with Gasteiger partial charge in [-0.2, -0.15) is 0 Å². The van der Waals surface area contributed by atoms with Crippen LogP contribution in [0, 0.1) is 0 Å².